The fraction of sp³-hybridized carbons (Fsp3) is 0.808. The molecule has 0 saturated heterocycles. The number of unbranched alkanes of at least 4 members (excludes halogenated alkanes) is 15. The number of hydrogen-bond acceptors (Lipinski definition) is 6. The number of rotatable bonds is 22. The second-order valence-electron chi connectivity index (χ2n) is 8.65. The Labute approximate surface area is 195 Å². The van der Waals surface area contributed by atoms with Gasteiger partial charge < -0.3 is 14.6 Å². The van der Waals surface area contributed by atoms with E-state index in [4.69, 9.17) is 14.7 Å². The number of nitrogens with zero attached hydrogens (tertiary/aromatic N) is 3. The zero-order valence-electron chi connectivity index (χ0n) is 20.3. The lowest BCUT2D eigenvalue weighted by atomic mass is 10.0. The van der Waals surface area contributed by atoms with Gasteiger partial charge in [-0.1, -0.05) is 103 Å². The molecule has 0 radical (unpaired) electrons. The maximum Gasteiger partial charge on any atom is 0.232 e. The van der Waals surface area contributed by atoms with Crippen LogP contribution in [0.3, 0.4) is 0 Å². The summed E-state index contributed by atoms with van der Waals surface area (Å²) < 4.78 is 11.2. The summed E-state index contributed by atoms with van der Waals surface area (Å²) in [4.78, 5) is 7.70. The molecule has 1 aromatic rings. The first-order chi connectivity index (χ1) is 15.8. The second-order valence-corrected chi connectivity index (χ2v) is 8.65. The summed E-state index contributed by atoms with van der Waals surface area (Å²) in [7, 11) is 0. The van der Waals surface area contributed by atoms with Gasteiger partial charge in [-0.3, -0.25) is 0 Å². The van der Waals surface area contributed by atoms with Gasteiger partial charge in [0.1, 0.15) is 12.2 Å². The molecule has 0 unspecified atom stereocenters. The molecule has 1 aromatic heterocycles. The first kappa shape index (κ1) is 28.3. The van der Waals surface area contributed by atoms with Crippen LogP contribution in [0.25, 0.3) is 0 Å². The largest absolute Gasteiger partial charge is 0.482 e. The lowest BCUT2D eigenvalue weighted by Crippen LogP contribution is -2.27. The number of nitriles is 1. The summed E-state index contributed by atoms with van der Waals surface area (Å²) in [5.74, 6) is 0.520. The van der Waals surface area contributed by atoms with Crippen molar-refractivity contribution < 1.29 is 14.6 Å². The second kappa shape index (κ2) is 21.2. The van der Waals surface area contributed by atoms with Crippen molar-refractivity contribution in [2.24, 2.45) is 0 Å². The molecule has 32 heavy (non-hydrogen) atoms. The normalized spacial score (nSPS) is 11.9. The maximum absolute atomic E-state index is 9.43. The number of aromatic nitrogens is 2. The fourth-order valence-corrected chi connectivity index (χ4v) is 3.72. The zero-order valence-corrected chi connectivity index (χ0v) is 20.3. The molecular formula is C26H45N3O3. The summed E-state index contributed by atoms with van der Waals surface area (Å²) >= 11 is 0. The molecule has 0 aromatic carbocycles. The van der Waals surface area contributed by atoms with Crippen molar-refractivity contribution in [2.45, 2.75) is 116 Å². The third-order valence-electron chi connectivity index (χ3n) is 5.68. The van der Waals surface area contributed by atoms with Crippen molar-refractivity contribution >= 4 is 0 Å². The van der Waals surface area contributed by atoms with Gasteiger partial charge in [0.2, 0.25) is 5.82 Å². The summed E-state index contributed by atoms with van der Waals surface area (Å²) in [5.41, 5.74) is 0. The van der Waals surface area contributed by atoms with E-state index in [1.165, 1.54) is 109 Å². The van der Waals surface area contributed by atoms with E-state index in [1.807, 2.05) is 6.07 Å². The highest BCUT2D eigenvalue weighted by Gasteiger charge is 2.10. The highest BCUT2D eigenvalue weighted by atomic mass is 16.5. The fourth-order valence-electron chi connectivity index (χ4n) is 3.72. The molecule has 1 N–H and O–H groups in total. The van der Waals surface area contributed by atoms with Gasteiger partial charge in [0.05, 0.1) is 25.6 Å². The molecule has 0 saturated carbocycles. The van der Waals surface area contributed by atoms with Gasteiger partial charge in [0.15, 0.2) is 5.75 Å². The van der Waals surface area contributed by atoms with Gasteiger partial charge in [0, 0.05) is 6.61 Å². The predicted octanol–water partition coefficient (Wildman–Crippen LogP) is 6.37. The van der Waals surface area contributed by atoms with E-state index in [1.54, 1.807) is 0 Å². The lowest BCUT2D eigenvalue weighted by molar-refractivity contribution is 0.0185. The highest BCUT2D eigenvalue weighted by Crippen LogP contribution is 2.14. The Morgan fingerprint density at radius 3 is 1.72 bits per heavy atom. The van der Waals surface area contributed by atoms with Gasteiger partial charge in [-0.15, -0.1) is 0 Å². The highest BCUT2D eigenvalue weighted by molar-refractivity contribution is 5.17. The van der Waals surface area contributed by atoms with Crippen LogP contribution >= 0.6 is 0 Å². The van der Waals surface area contributed by atoms with Crippen LogP contribution in [0, 0.1) is 11.3 Å². The minimum atomic E-state index is -0.451. The monoisotopic (exact) mass is 447 g/mol. The van der Waals surface area contributed by atoms with Gasteiger partial charge in [-0.25, -0.2) is 9.97 Å². The lowest BCUT2D eigenvalue weighted by Gasteiger charge is -2.16. The van der Waals surface area contributed by atoms with Crippen molar-refractivity contribution in [2.75, 3.05) is 19.8 Å². The molecule has 6 heteroatoms. The number of hydrogen-bond donors (Lipinski definition) is 1. The predicted molar refractivity (Wildman–Crippen MR) is 129 cm³/mol. The number of aliphatic hydroxyl groups excluding tert-OH is 1. The molecule has 182 valence electrons. The standard InChI is InChI=1S/C26H45N3O3/c1-2-3-4-5-6-7-8-9-10-11-12-13-14-15-16-17-18-31-23-25(22-30)32-24-20-28-26(19-27)29-21-24/h20-21,25,30H,2-18,22-23H2,1H3/t25-/m0/s1. The Morgan fingerprint density at radius 2 is 1.28 bits per heavy atom. The van der Waals surface area contributed by atoms with Gasteiger partial charge >= 0.3 is 0 Å². The van der Waals surface area contributed by atoms with Crippen LogP contribution < -0.4 is 4.74 Å². The minimum Gasteiger partial charge on any atom is -0.482 e. The Morgan fingerprint density at radius 1 is 0.812 bits per heavy atom. The quantitative estimate of drug-likeness (QED) is 0.208. The average Bonchev–Trinajstić information content (AvgIpc) is 2.83. The first-order valence-electron chi connectivity index (χ1n) is 12.9. The Bertz CT molecular complexity index is 575. The van der Waals surface area contributed by atoms with Crippen LogP contribution in [0.1, 0.15) is 115 Å². The van der Waals surface area contributed by atoms with Crippen LogP contribution in [0.2, 0.25) is 0 Å². The Kier molecular flexibility index (Phi) is 18.7. The van der Waals surface area contributed by atoms with Crippen molar-refractivity contribution in [1.29, 1.82) is 5.26 Å². The maximum atomic E-state index is 9.43. The van der Waals surface area contributed by atoms with E-state index < -0.39 is 6.10 Å². The van der Waals surface area contributed by atoms with Crippen molar-refractivity contribution in [3.63, 3.8) is 0 Å². The number of aliphatic hydroxyl groups is 1. The van der Waals surface area contributed by atoms with Crippen molar-refractivity contribution in [1.82, 2.24) is 9.97 Å². The molecule has 0 aliphatic rings. The van der Waals surface area contributed by atoms with Crippen LogP contribution in [-0.2, 0) is 4.74 Å². The molecule has 0 bridgehead atoms. The topological polar surface area (TPSA) is 88.3 Å². The van der Waals surface area contributed by atoms with E-state index >= 15 is 0 Å². The third kappa shape index (κ3) is 16.0. The smallest absolute Gasteiger partial charge is 0.232 e. The third-order valence-corrected chi connectivity index (χ3v) is 5.68. The molecule has 6 nitrogen and oxygen atoms in total. The molecule has 0 spiro atoms. The minimum absolute atomic E-state index is 0.0950. The molecule has 0 aliphatic carbocycles. The summed E-state index contributed by atoms with van der Waals surface area (Å²) in [6, 6.07) is 1.86. The first-order valence-corrected chi connectivity index (χ1v) is 12.9. The van der Waals surface area contributed by atoms with Crippen LogP contribution in [-0.4, -0.2) is 41.0 Å². The van der Waals surface area contributed by atoms with Gasteiger partial charge in [-0.05, 0) is 6.42 Å². The van der Waals surface area contributed by atoms with Gasteiger partial charge in [0.25, 0.3) is 0 Å². The van der Waals surface area contributed by atoms with Crippen LogP contribution in [0.4, 0.5) is 0 Å². The Hall–Kier alpha value is -1.71. The summed E-state index contributed by atoms with van der Waals surface area (Å²) in [6.45, 7) is 3.15. The van der Waals surface area contributed by atoms with Crippen molar-refractivity contribution in [3.8, 4) is 11.8 Å². The van der Waals surface area contributed by atoms with Crippen LogP contribution in [0.5, 0.6) is 5.75 Å². The summed E-state index contributed by atoms with van der Waals surface area (Å²) in [6.07, 6.45) is 24.1. The van der Waals surface area contributed by atoms with E-state index in [2.05, 4.69) is 16.9 Å². The summed E-state index contributed by atoms with van der Waals surface area (Å²) in [5, 5.41) is 18.1. The number of ether oxygens (including phenoxy) is 2. The average molecular weight is 448 g/mol. The molecule has 0 amide bonds. The molecule has 1 heterocycles. The van der Waals surface area contributed by atoms with E-state index in [0.717, 1.165) is 6.42 Å². The van der Waals surface area contributed by atoms with Crippen LogP contribution in [0.15, 0.2) is 12.4 Å². The Balaban J connectivity index is 1.84. The zero-order chi connectivity index (χ0) is 23.1. The van der Waals surface area contributed by atoms with Gasteiger partial charge in [-0.2, -0.15) is 5.26 Å². The SMILES string of the molecule is CCCCCCCCCCCCCCCCCCOC[C@H](CO)Oc1cnc(C#N)nc1. The van der Waals surface area contributed by atoms with E-state index in [-0.39, 0.29) is 12.4 Å². The molecule has 0 aliphatic heterocycles. The van der Waals surface area contributed by atoms with Crippen molar-refractivity contribution in [3.05, 3.63) is 18.2 Å². The van der Waals surface area contributed by atoms with E-state index in [0.29, 0.717) is 19.0 Å². The van der Waals surface area contributed by atoms with E-state index in [9.17, 15) is 5.11 Å². The molecule has 0 fully saturated rings. The molecular weight excluding hydrogens is 402 g/mol. The molecule has 1 rings (SSSR count). The molecule has 1 atom stereocenters.